The molecule has 0 radical (unpaired) electrons. The number of nitrogens with one attached hydrogen (secondary N) is 2. The van der Waals surface area contributed by atoms with Crippen LogP contribution in [-0.4, -0.2) is 106 Å². The molecule has 2 N–H and O–H groups in total. The van der Waals surface area contributed by atoms with Crippen LogP contribution in [0.2, 0.25) is 0 Å². The van der Waals surface area contributed by atoms with Gasteiger partial charge in [0, 0.05) is 70.5 Å². The van der Waals surface area contributed by atoms with Crippen LogP contribution in [0.5, 0.6) is 0 Å². The molecule has 260 valence electrons. The molecule has 1 aromatic carbocycles. The smallest absolute Gasteiger partial charge is 0.351 e. The van der Waals surface area contributed by atoms with Crippen LogP contribution in [0.3, 0.4) is 0 Å². The van der Waals surface area contributed by atoms with Gasteiger partial charge in [0.15, 0.2) is 0 Å². The predicted octanol–water partition coefficient (Wildman–Crippen LogP) is 2.83. The predicted molar refractivity (Wildman–Crippen MR) is 171 cm³/mol. The number of hydrogen-bond donors (Lipinski definition) is 2. The Kier molecular flexibility index (Phi) is 9.75. The number of carbonyl (C=O) groups excluding carboxylic acids is 2. The molecule has 2 amide bonds. The minimum absolute atomic E-state index is 0.0849. The number of amides is 2. The third-order valence-electron chi connectivity index (χ3n) is 9.75. The first-order chi connectivity index (χ1) is 22.8. The van der Waals surface area contributed by atoms with E-state index in [-0.39, 0.29) is 36.9 Å². The number of likely N-dealkylation sites (tertiary alicyclic amines) is 1. The van der Waals surface area contributed by atoms with Crippen molar-refractivity contribution in [3.8, 4) is 0 Å². The summed E-state index contributed by atoms with van der Waals surface area (Å²) in [6.45, 7) is 3.22. The molecule has 1 atom stereocenters. The van der Waals surface area contributed by atoms with Gasteiger partial charge in [-0.2, -0.15) is 35.3 Å². The number of likely N-dealkylation sites (N-methyl/N-ethyl adjacent to an activating group) is 1. The van der Waals surface area contributed by atoms with Crippen molar-refractivity contribution in [3.63, 3.8) is 0 Å². The lowest BCUT2D eigenvalue weighted by Gasteiger charge is -2.36. The zero-order valence-corrected chi connectivity index (χ0v) is 27.7. The van der Waals surface area contributed by atoms with Crippen LogP contribution < -0.4 is 10.6 Å². The number of aromatic nitrogens is 4. The molecule has 1 unspecified atom stereocenters. The fourth-order valence-electron chi connectivity index (χ4n) is 6.82. The lowest BCUT2D eigenvalue weighted by atomic mass is 9.88. The van der Waals surface area contributed by atoms with Crippen LogP contribution in [0, 0.1) is 0 Å². The molecule has 48 heavy (non-hydrogen) atoms. The van der Waals surface area contributed by atoms with Gasteiger partial charge in [-0.05, 0) is 62.7 Å². The first-order valence-electron chi connectivity index (χ1n) is 16.2. The number of benzene rings is 1. The Labute approximate surface area is 277 Å². The number of alkyl halides is 3. The zero-order chi connectivity index (χ0) is 34.2. The molecule has 3 fully saturated rings. The number of nitrogens with zero attached hydrogens (tertiary/aromatic N) is 7. The maximum Gasteiger partial charge on any atom is 0.419 e. The van der Waals surface area contributed by atoms with Gasteiger partial charge >= 0.3 is 6.18 Å². The summed E-state index contributed by atoms with van der Waals surface area (Å²) < 4.78 is 69.5. The van der Waals surface area contributed by atoms with Crippen LogP contribution in [0.25, 0.3) is 10.9 Å². The van der Waals surface area contributed by atoms with Gasteiger partial charge in [0.1, 0.15) is 0 Å². The molecule has 0 saturated carbocycles. The summed E-state index contributed by atoms with van der Waals surface area (Å²) in [7, 11) is -0.207. The summed E-state index contributed by atoms with van der Waals surface area (Å²) in [6.07, 6.45) is 0.536. The van der Waals surface area contributed by atoms with Crippen molar-refractivity contribution in [1.82, 2.24) is 38.6 Å². The second-order valence-electron chi connectivity index (χ2n) is 12.8. The third-order valence-corrected chi connectivity index (χ3v) is 11.7. The van der Waals surface area contributed by atoms with E-state index < -0.39 is 27.9 Å². The van der Waals surface area contributed by atoms with Crippen LogP contribution in [0.4, 0.5) is 19.1 Å². The topological polar surface area (TPSA) is 146 Å². The summed E-state index contributed by atoms with van der Waals surface area (Å²) in [4.78, 5) is 33.9. The minimum Gasteiger partial charge on any atom is -0.351 e. The van der Waals surface area contributed by atoms with E-state index in [4.69, 9.17) is 0 Å². The minimum atomic E-state index is -4.51. The molecule has 3 aromatic rings. The Hall–Kier alpha value is -3.67. The summed E-state index contributed by atoms with van der Waals surface area (Å²) >= 11 is 0. The van der Waals surface area contributed by atoms with Gasteiger partial charge in [0.2, 0.25) is 17.8 Å². The van der Waals surface area contributed by atoms with Crippen molar-refractivity contribution in [3.05, 3.63) is 47.4 Å². The van der Waals surface area contributed by atoms with E-state index in [1.165, 1.54) is 14.2 Å². The van der Waals surface area contributed by atoms with E-state index in [0.29, 0.717) is 50.4 Å². The molecule has 0 aliphatic carbocycles. The first kappa shape index (κ1) is 34.2. The van der Waals surface area contributed by atoms with Gasteiger partial charge in [-0.15, -0.1) is 0 Å². The standard InChI is InChI=1S/C31H40F3N9O4S/c1-40(48(46,47)43-13-9-23(10-14-43)37-30-35-18-22(19-36-30)31(32,33)34)15-16-42-11-7-20(8-12-42)21-3-4-24-26(17-21)41(2)39-28(24)25-5-6-27(44)38-29(25)45/h3-4,17-20,23,25H,5-16H2,1-2H3,(H,35,36,37)(H,38,44,45). The highest BCUT2D eigenvalue weighted by Gasteiger charge is 2.34. The summed E-state index contributed by atoms with van der Waals surface area (Å²) in [5.74, 6) is -0.552. The van der Waals surface area contributed by atoms with Gasteiger partial charge in [0.25, 0.3) is 10.2 Å². The van der Waals surface area contributed by atoms with Gasteiger partial charge in [-0.3, -0.25) is 19.6 Å². The Balaban J connectivity index is 0.965. The van der Waals surface area contributed by atoms with E-state index in [9.17, 15) is 31.2 Å². The van der Waals surface area contributed by atoms with Crippen molar-refractivity contribution >= 4 is 38.9 Å². The van der Waals surface area contributed by atoms with E-state index in [2.05, 4.69) is 42.7 Å². The first-order valence-corrected chi connectivity index (χ1v) is 17.6. The Bertz CT molecular complexity index is 1750. The Morgan fingerprint density at radius 1 is 1.02 bits per heavy atom. The number of fused-ring (bicyclic) bond motifs is 1. The molecule has 3 aliphatic heterocycles. The number of rotatable bonds is 9. The number of hydrogen-bond acceptors (Lipinski definition) is 9. The van der Waals surface area contributed by atoms with E-state index in [1.54, 1.807) is 11.7 Å². The number of imide groups is 1. The maximum atomic E-state index is 13.3. The van der Waals surface area contributed by atoms with Gasteiger partial charge in [-0.1, -0.05) is 12.1 Å². The van der Waals surface area contributed by atoms with Crippen molar-refractivity contribution in [1.29, 1.82) is 0 Å². The van der Waals surface area contributed by atoms with Gasteiger partial charge in [-0.25, -0.2) is 9.97 Å². The number of aryl methyl sites for hydroxylation is 1. The second kappa shape index (κ2) is 13.7. The molecular weight excluding hydrogens is 651 g/mol. The highest BCUT2D eigenvalue weighted by molar-refractivity contribution is 7.86. The van der Waals surface area contributed by atoms with Crippen LogP contribution in [0.15, 0.2) is 30.6 Å². The van der Waals surface area contributed by atoms with Crippen molar-refractivity contribution < 1.29 is 31.2 Å². The van der Waals surface area contributed by atoms with Crippen molar-refractivity contribution in [2.45, 2.75) is 62.6 Å². The third kappa shape index (κ3) is 7.33. The van der Waals surface area contributed by atoms with Gasteiger partial charge in [0.05, 0.1) is 22.7 Å². The van der Waals surface area contributed by atoms with E-state index in [1.807, 2.05) is 13.1 Å². The second-order valence-corrected chi connectivity index (χ2v) is 14.9. The molecule has 17 heteroatoms. The fraction of sp³-hybridized carbons (Fsp3) is 0.581. The fourth-order valence-corrected chi connectivity index (χ4v) is 8.19. The Morgan fingerprint density at radius 3 is 2.35 bits per heavy atom. The average molecular weight is 692 g/mol. The summed E-state index contributed by atoms with van der Waals surface area (Å²) in [5, 5.41) is 11.0. The lowest BCUT2D eigenvalue weighted by Crippen LogP contribution is -2.49. The molecule has 0 spiro atoms. The van der Waals surface area contributed by atoms with Crippen LogP contribution in [-0.2, 0) is 33.0 Å². The van der Waals surface area contributed by atoms with E-state index >= 15 is 0 Å². The van der Waals surface area contributed by atoms with Gasteiger partial charge < -0.3 is 10.2 Å². The number of carbonyl (C=O) groups is 2. The molecule has 2 aromatic heterocycles. The highest BCUT2D eigenvalue weighted by Crippen LogP contribution is 2.34. The van der Waals surface area contributed by atoms with Crippen LogP contribution in [0.1, 0.15) is 67.2 Å². The number of piperidine rings is 3. The maximum absolute atomic E-state index is 13.3. The molecule has 5 heterocycles. The normalized spacial score (nSPS) is 21.2. The summed E-state index contributed by atoms with van der Waals surface area (Å²) in [6, 6.07) is 6.14. The van der Waals surface area contributed by atoms with E-state index in [0.717, 1.165) is 49.2 Å². The highest BCUT2D eigenvalue weighted by atomic mass is 32.2. The zero-order valence-electron chi connectivity index (χ0n) is 26.9. The molecule has 13 nitrogen and oxygen atoms in total. The van der Waals surface area contributed by atoms with Crippen LogP contribution >= 0.6 is 0 Å². The number of anilines is 1. The molecular formula is C31H40F3N9O4S. The number of halogens is 3. The summed E-state index contributed by atoms with van der Waals surface area (Å²) in [5.41, 5.74) is 1.94. The molecule has 0 bridgehead atoms. The monoisotopic (exact) mass is 691 g/mol. The van der Waals surface area contributed by atoms with Crippen molar-refractivity contribution in [2.24, 2.45) is 7.05 Å². The quantitative estimate of drug-likeness (QED) is 0.324. The molecule has 3 aliphatic rings. The SMILES string of the molecule is CN(CCN1CCC(c2ccc3c(C4CCC(=O)NC4=O)nn(C)c3c2)CC1)S(=O)(=O)N1CCC(Nc2ncc(C(F)(F)F)cn2)CC1. The largest absolute Gasteiger partial charge is 0.419 e. The lowest BCUT2D eigenvalue weighted by molar-refractivity contribution is -0.138. The molecule has 6 rings (SSSR count). The molecule has 3 saturated heterocycles. The van der Waals surface area contributed by atoms with Crippen molar-refractivity contribution in [2.75, 3.05) is 51.6 Å². The Morgan fingerprint density at radius 2 is 1.71 bits per heavy atom. The average Bonchev–Trinajstić information content (AvgIpc) is 3.39.